The standard InChI is InChI=1S/C14H25NO4.CH3NO2/c1-9(2)14(11(16)17)7-6-10(8-14)15-12(18)19-13(3,4)5;2-1(3)4/h9-10H,6-8H2,1-5H3,(H,15,18)(H,16,17);2H2,(H,3,4)/t10-,14+;/m1./s1. The molecule has 2 atom stereocenters. The Morgan fingerprint density at radius 2 is 1.74 bits per heavy atom. The first kappa shape index (κ1) is 21.0. The maximum atomic E-state index is 11.7. The monoisotopic (exact) mass is 332 g/mol. The minimum Gasteiger partial charge on any atom is -0.481 e. The van der Waals surface area contributed by atoms with Crippen LogP contribution in [0.2, 0.25) is 0 Å². The average Bonchev–Trinajstić information content (AvgIpc) is 2.70. The predicted molar refractivity (Wildman–Crippen MR) is 84.1 cm³/mol. The first-order valence-electron chi connectivity index (χ1n) is 7.51. The fourth-order valence-electron chi connectivity index (χ4n) is 2.64. The smallest absolute Gasteiger partial charge is 0.407 e. The third-order valence-corrected chi connectivity index (χ3v) is 3.80. The van der Waals surface area contributed by atoms with Gasteiger partial charge in [0.25, 0.3) is 0 Å². The summed E-state index contributed by atoms with van der Waals surface area (Å²) in [5.41, 5.74) is 2.77. The van der Waals surface area contributed by atoms with Gasteiger partial charge in [0.1, 0.15) is 5.60 Å². The second-order valence-electron chi connectivity index (χ2n) is 7.04. The fourth-order valence-corrected chi connectivity index (χ4v) is 2.64. The topological polar surface area (TPSA) is 139 Å². The number of rotatable bonds is 3. The van der Waals surface area contributed by atoms with Gasteiger partial charge in [0, 0.05) is 6.04 Å². The van der Waals surface area contributed by atoms with Gasteiger partial charge in [-0.3, -0.25) is 4.79 Å². The molecule has 0 radical (unpaired) electrons. The molecule has 0 unspecified atom stereocenters. The molecule has 23 heavy (non-hydrogen) atoms. The highest BCUT2D eigenvalue weighted by Crippen LogP contribution is 2.44. The summed E-state index contributed by atoms with van der Waals surface area (Å²) in [7, 11) is 0. The number of hydrogen-bond donors (Lipinski definition) is 4. The van der Waals surface area contributed by atoms with Gasteiger partial charge >= 0.3 is 18.2 Å². The van der Waals surface area contributed by atoms with E-state index in [4.69, 9.17) is 14.6 Å². The number of primary amides is 1. The molecule has 0 heterocycles. The van der Waals surface area contributed by atoms with E-state index in [9.17, 15) is 14.7 Å². The lowest BCUT2D eigenvalue weighted by Crippen LogP contribution is -2.40. The van der Waals surface area contributed by atoms with Crippen LogP contribution in [0.3, 0.4) is 0 Å². The molecule has 0 bridgehead atoms. The molecule has 8 heteroatoms. The fraction of sp³-hybridized carbons (Fsp3) is 0.800. The zero-order valence-electron chi connectivity index (χ0n) is 14.4. The molecule has 5 N–H and O–H groups in total. The van der Waals surface area contributed by atoms with Gasteiger partial charge in [-0.2, -0.15) is 0 Å². The second-order valence-corrected chi connectivity index (χ2v) is 7.04. The lowest BCUT2D eigenvalue weighted by molar-refractivity contribution is -0.151. The summed E-state index contributed by atoms with van der Waals surface area (Å²) in [6, 6.07) is -0.117. The van der Waals surface area contributed by atoms with E-state index < -0.39 is 29.2 Å². The number of nitrogens with one attached hydrogen (secondary N) is 1. The molecule has 0 spiro atoms. The molecule has 1 rings (SSSR count). The third-order valence-electron chi connectivity index (χ3n) is 3.80. The molecule has 0 saturated heterocycles. The maximum absolute atomic E-state index is 11.7. The molecule has 1 fully saturated rings. The zero-order valence-corrected chi connectivity index (χ0v) is 14.4. The number of carbonyl (C=O) groups excluding carboxylic acids is 1. The van der Waals surface area contributed by atoms with Crippen LogP contribution in [0, 0.1) is 11.3 Å². The summed E-state index contributed by atoms with van der Waals surface area (Å²) < 4.78 is 5.19. The van der Waals surface area contributed by atoms with Crippen molar-refractivity contribution in [2.24, 2.45) is 17.1 Å². The highest BCUT2D eigenvalue weighted by Gasteiger charge is 2.48. The predicted octanol–water partition coefficient (Wildman–Crippen LogP) is 2.41. The molecule has 0 aromatic heterocycles. The third kappa shape index (κ3) is 7.21. The molecular formula is C15H28N2O6. The number of nitrogens with two attached hydrogens (primary N) is 1. The molecule has 2 amide bonds. The number of ether oxygens (including phenoxy) is 1. The van der Waals surface area contributed by atoms with Gasteiger partial charge in [0.2, 0.25) is 0 Å². The molecule has 8 nitrogen and oxygen atoms in total. The molecular weight excluding hydrogens is 304 g/mol. The van der Waals surface area contributed by atoms with Crippen molar-refractivity contribution < 1.29 is 29.3 Å². The molecule has 1 aliphatic rings. The lowest BCUT2D eigenvalue weighted by atomic mass is 9.75. The highest BCUT2D eigenvalue weighted by atomic mass is 16.6. The Morgan fingerprint density at radius 1 is 1.26 bits per heavy atom. The number of carboxylic acid groups (broad SMARTS) is 2. The Kier molecular flexibility index (Phi) is 7.33. The highest BCUT2D eigenvalue weighted by molar-refractivity contribution is 5.76. The summed E-state index contributed by atoms with van der Waals surface area (Å²) in [6.07, 6.45) is -0.0499. The van der Waals surface area contributed by atoms with Crippen molar-refractivity contribution in [3.63, 3.8) is 0 Å². The molecule has 1 saturated carbocycles. The maximum Gasteiger partial charge on any atom is 0.407 e. The quantitative estimate of drug-likeness (QED) is 0.626. The van der Waals surface area contributed by atoms with E-state index in [0.29, 0.717) is 19.3 Å². The molecule has 0 aromatic carbocycles. The van der Waals surface area contributed by atoms with Crippen molar-refractivity contribution >= 4 is 18.2 Å². The first-order chi connectivity index (χ1) is 10.3. The largest absolute Gasteiger partial charge is 0.481 e. The Labute approximate surface area is 136 Å². The summed E-state index contributed by atoms with van der Waals surface area (Å²) in [5.74, 6) is -0.716. The van der Waals surface area contributed by atoms with Crippen molar-refractivity contribution in [1.29, 1.82) is 0 Å². The SMILES string of the molecule is CC(C)[C@]1(C(=O)O)CC[C@@H](NC(=O)OC(C)(C)C)C1.NC(=O)O. The molecule has 1 aliphatic carbocycles. The normalized spacial score (nSPS) is 23.7. The van der Waals surface area contributed by atoms with Gasteiger partial charge in [0.05, 0.1) is 5.41 Å². The average molecular weight is 332 g/mol. The van der Waals surface area contributed by atoms with Crippen LogP contribution in [0.4, 0.5) is 9.59 Å². The van der Waals surface area contributed by atoms with Gasteiger partial charge in [-0.1, -0.05) is 13.8 Å². The van der Waals surface area contributed by atoms with E-state index >= 15 is 0 Å². The Morgan fingerprint density at radius 3 is 2.04 bits per heavy atom. The number of hydrogen-bond acceptors (Lipinski definition) is 4. The Hall–Kier alpha value is -1.99. The van der Waals surface area contributed by atoms with Gasteiger partial charge < -0.3 is 26.0 Å². The van der Waals surface area contributed by atoms with E-state index in [1.165, 1.54) is 0 Å². The van der Waals surface area contributed by atoms with E-state index in [0.717, 1.165) is 0 Å². The molecule has 0 aromatic rings. The van der Waals surface area contributed by atoms with Crippen LogP contribution < -0.4 is 11.1 Å². The van der Waals surface area contributed by atoms with Gasteiger partial charge in [-0.15, -0.1) is 0 Å². The van der Waals surface area contributed by atoms with Crippen LogP contribution in [-0.2, 0) is 9.53 Å². The Bertz CT molecular complexity index is 440. The van der Waals surface area contributed by atoms with Crippen molar-refractivity contribution in [2.75, 3.05) is 0 Å². The minimum atomic E-state index is -1.33. The second kappa shape index (κ2) is 8.03. The summed E-state index contributed by atoms with van der Waals surface area (Å²) in [6.45, 7) is 9.25. The number of alkyl carbamates (subject to hydrolysis) is 1. The number of carboxylic acids is 1. The van der Waals surface area contributed by atoms with E-state index in [-0.39, 0.29) is 12.0 Å². The van der Waals surface area contributed by atoms with E-state index in [1.807, 2.05) is 13.8 Å². The summed E-state index contributed by atoms with van der Waals surface area (Å²) in [4.78, 5) is 31.9. The van der Waals surface area contributed by atoms with Crippen LogP contribution in [-0.4, -0.2) is 40.0 Å². The summed E-state index contributed by atoms with van der Waals surface area (Å²) >= 11 is 0. The Balaban J connectivity index is 0.00000108. The van der Waals surface area contributed by atoms with Crippen LogP contribution >= 0.6 is 0 Å². The molecule has 134 valence electrons. The molecule has 0 aliphatic heterocycles. The van der Waals surface area contributed by atoms with Crippen molar-refractivity contribution in [3.05, 3.63) is 0 Å². The van der Waals surface area contributed by atoms with Gasteiger partial charge in [-0.25, -0.2) is 9.59 Å². The first-order valence-corrected chi connectivity index (χ1v) is 7.51. The lowest BCUT2D eigenvalue weighted by Gasteiger charge is -2.29. The van der Waals surface area contributed by atoms with Crippen LogP contribution in [0.1, 0.15) is 53.9 Å². The van der Waals surface area contributed by atoms with Gasteiger partial charge in [0.15, 0.2) is 0 Å². The van der Waals surface area contributed by atoms with Crippen LogP contribution in [0.5, 0.6) is 0 Å². The number of aliphatic carboxylic acids is 1. The number of carbonyl (C=O) groups is 3. The van der Waals surface area contributed by atoms with E-state index in [1.54, 1.807) is 20.8 Å². The van der Waals surface area contributed by atoms with Gasteiger partial charge in [-0.05, 0) is 46.0 Å². The van der Waals surface area contributed by atoms with Crippen molar-refractivity contribution in [2.45, 2.75) is 65.5 Å². The van der Waals surface area contributed by atoms with E-state index in [2.05, 4.69) is 11.1 Å². The number of amides is 2. The van der Waals surface area contributed by atoms with Crippen molar-refractivity contribution in [3.8, 4) is 0 Å². The van der Waals surface area contributed by atoms with Crippen molar-refractivity contribution in [1.82, 2.24) is 5.32 Å². The van der Waals surface area contributed by atoms with Crippen LogP contribution in [0.15, 0.2) is 0 Å². The summed E-state index contributed by atoms with van der Waals surface area (Å²) in [5, 5.41) is 19.4. The van der Waals surface area contributed by atoms with Crippen LogP contribution in [0.25, 0.3) is 0 Å². The zero-order chi connectivity index (χ0) is 18.4. The minimum absolute atomic E-state index is 0.0513.